The van der Waals surface area contributed by atoms with Crippen LogP contribution in [0.3, 0.4) is 0 Å². The highest BCUT2D eigenvalue weighted by molar-refractivity contribution is 6.12. The number of hydrogen-bond donors (Lipinski definition) is 0. The minimum absolute atomic E-state index is 0.156. The molecule has 2 heterocycles. The van der Waals surface area contributed by atoms with Crippen molar-refractivity contribution in [1.29, 1.82) is 0 Å². The van der Waals surface area contributed by atoms with E-state index in [4.69, 9.17) is 14.2 Å². The molecule has 0 amide bonds. The highest BCUT2D eigenvalue weighted by Gasteiger charge is 2.32. The highest BCUT2D eigenvalue weighted by Crippen LogP contribution is 2.48. The second-order valence-corrected chi connectivity index (χ2v) is 6.16. The van der Waals surface area contributed by atoms with E-state index in [1.54, 1.807) is 12.1 Å². The molecule has 0 saturated carbocycles. The van der Waals surface area contributed by atoms with Crippen LogP contribution in [-0.4, -0.2) is 12.8 Å². The van der Waals surface area contributed by atoms with Crippen LogP contribution in [0.5, 0.6) is 11.5 Å². The van der Waals surface area contributed by atoms with Crippen molar-refractivity contribution in [3.8, 4) is 22.6 Å². The van der Waals surface area contributed by atoms with Gasteiger partial charge in [0.1, 0.15) is 12.4 Å². The average molecular weight is 336 g/mol. The second-order valence-electron chi connectivity index (χ2n) is 6.16. The van der Waals surface area contributed by atoms with Crippen molar-refractivity contribution in [1.82, 2.24) is 0 Å². The van der Waals surface area contributed by atoms with E-state index in [0.717, 1.165) is 33.0 Å². The van der Waals surface area contributed by atoms with Gasteiger partial charge in [0.25, 0.3) is 0 Å². The molecule has 0 aromatic heterocycles. The summed E-state index contributed by atoms with van der Waals surface area (Å²) < 4.78 is 29.9. The molecule has 0 spiro atoms. The van der Waals surface area contributed by atoms with E-state index in [9.17, 15) is 9.18 Å². The Morgan fingerprint density at radius 3 is 2.56 bits per heavy atom. The Labute approximate surface area is 142 Å². The largest absolute Gasteiger partial charge is 0.457 e. The van der Waals surface area contributed by atoms with Crippen LogP contribution in [0.1, 0.15) is 21.5 Å². The third-order valence-electron chi connectivity index (χ3n) is 4.86. The molecule has 124 valence electrons. The maximum atomic E-state index is 13.4. The van der Waals surface area contributed by atoms with Gasteiger partial charge in [-0.1, -0.05) is 18.2 Å². The van der Waals surface area contributed by atoms with Crippen LogP contribution < -0.4 is 9.47 Å². The summed E-state index contributed by atoms with van der Waals surface area (Å²) >= 11 is 0. The van der Waals surface area contributed by atoms with Crippen LogP contribution in [0.15, 0.2) is 36.4 Å². The van der Waals surface area contributed by atoms with Crippen LogP contribution in [0.2, 0.25) is 0 Å². The molecular formula is C20H13FO4. The summed E-state index contributed by atoms with van der Waals surface area (Å²) in [6.45, 7) is 2.26. The van der Waals surface area contributed by atoms with Gasteiger partial charge in [-0.05, 0) is 41.6 Å². The van der Waals surface area contributed by atoms with Gasteiger partial charge in [-0.15, -0.1) is 0 Å². The van der Waals surface area contributed by atoms with E-state index >= 15 is 0 Å². The zero-order valence-electron chi connectivity index (χ0n) is 13.4. The summed E-state index contributed by atoms with van der Waals surface area (Å²) in [6.07, 6.45) is 0. The molecule has 3 aromatic carbocycles. The lowest BCUT2D eigenvalue weighted by Crippen LogP contribution is -2.01. The fourth-order valence-corrected chi connectivity index (χ4v) is 3.74. The summed E-state index contributed by atoms with van der Waals surface area (Å²) in [5.74, 6) is 0.687. The maximum absolute atomic E-state index is 13.4. The summed E-state index contributed by atoms with van der Waals surface area (Å²) in [5, 5.41) is 1.78. The van der Waals surface area contributed by atoms with Gasteiger partial charge < -0.3 is 14.2 Å². The molecule has 5 rings (SSSR count). The zero-order chi connectivity index (χ0) is 17.1. The second kappa shape index (κ2) is 4.96. The lowest BCUT2D eigenvalue weighted by atomic mass is 9.87. The van der Waals surface area contributed by atoms with Crippen LogP contribution >= 0.6 is 0 Å². The Morgan fingerprint density at radius 1 is 0.960 bits per heavy atom. The third kappa shape index (κ3) is 1.89. The number of esters is 1. The van der Waals surface area contributed by atoms with Crippen molar-refractivity contribution in [2.24, 2.45) is 0 Å². The molecule has 2 aliphatic heterocycles. The molecule has 0 aliphatic carbocycles. The third-order valence-corrected chi connectivity index (χ3v) is 4.86. The monoisotopic (exact) mass is 336 g/mol. The number of cyclic esters (lactones) is 1. The summed E-state index contributed by atoms with van der Waals surface area (Å²) in [7, 11) is 0. The molecule has 3 aromatic rings. The van der Waals surface area contributed by atoms with E-state index in [0.29, 0.717) is 17.1 Å². The number of ether oxygens (including phenoxy) is 3. The van der Waals surface area contributed by atoms with Crippen LogP contribution in [0.4, 0.5) is 4.39 Å². The van der Waals surface area contributed by atoms with Crippen LogP contribution in [0.25, 0.3) is 21.9 Å². The van der Waals surface area contributed by atoms with E-state index < -0.39 is 0 Å². The minimum atomic E-state index is -0.324. The molecule has 0 radical (unpaired) electrons. The molecule has 0 unspecified atom stereocenters. The van der Waals surface area contributed by atoms with E-state index in [-0.39, 0.29) is 25.2 Å². The first-order valence-electron chi connectivity index (χ1n) is 7.96. The maximum Gasteiger partial charge on any atom is 0.339 e. The Kier molecular flexibility index (Phi) is 2.83. The van der Waals surface area contributed by atoms with Gasteiger partial charge in [0.05, 0.1) is 5.56 Å². The van der Waals surface area contributed by atoms with Crippen molar-refractivity contribution < 1.29 is 23.4 Å². The molecule has 0 saturated heterocycles. The molecular weight excluding hydrogens is 323 g/mol. The highest BCUT2D eigenvalue weighted by atomic mass is 19.1. The summed E-state index contributed by atoms with van der Waals surface area (Å²) in [5.41, 5.74) is 3.90. The van der Waals surface area contributed by atoms with E-state index in [1.165, 1.54) is 12.1 Å². The number of hydrogen-bond acceptors (Lipinski definition) is 4. The molecule has 5 heteroatoms. The van der Waals surface area contributed by atoms with Crippen molar-refractivity contribution in [2.75, 3.05) is 6.79 Å². The smallest absolute Gasteiger partial charge is 0.339 e. The molecule has 4 nitrogen and oxygen atoms in total. The van der Waals surface area contributed by atoms with Crippen molar-refractivity contribution >= 4 is 16.7 Å². The molecule has 2 aliphatic rings. The lowest BCUT2D eigenvalue weighted by Gasteiger charge is -2.16. The first kappa shape index (κ1) is 14.3. The predicted molar refractivity (Wildman–Crippen MR) is 89.3 cm³/mol. The van der Waals surface area contributed by atoms with Gasteiger partial charge in [0.2, 0.25) is 6.79 Å². The number of carbonyl (C=O) groups is 1. The number of fused-ring (bicyclic) bond motifs is 4. The van der Waals surface area contributed by atoms with Gasteiger partial charge in [0, 0.05) is 16.5 Å². The van der Waals surface area contributed by atoms with Crippen LogP contribution in [-0.2, 0) is 11.3 Å². The van der Waals surface area contributed by atoms with Crippen molar-refractivity contribution in [3.05, 3.63) is 58.9 Å². The molecule has 25 heavy (non-hydrogen) atoms. The standard InChI is InChI=1S/C20H13FO4/c1-10-13-6-7-15-19(25-9-24-15)18(13)17(11-2-4-12(21)5-3-11)14-8-23-20(22)16(10)14/h2-7H,8-9H2,1H3. The number of carbonyl (C=O) groups excluding carboxylic acids is 1. The fraction of sp³-hybridized carbons (Fsp3) is 0.150. The van der Waals surface area contributed by atoms with Gasteiger partial charge in [0.15, 0.2) is 11.5 Å². The summed E-state index contributed by atoms with van der Waals surface area (Å²) in [6, 6.07) is 10.0. The normalized spacial score (nSPS) is 14.7. The quantitative estimate of drug-likeness (QED) is 0.620. The lowest BCUT2D eigenvalue weighted by molar-refractivity contribution is 0.0535. The van der Waals surface area contributed by atoms with Crippen molar-refractivity contribution in [2.45, 2.75) is 13.5 Å². The molecule has 0 atom stereocenters. The van der Waals surface area contributed by atoms with Gasteiger partial charge in [-0.3, -0.25) is 0 Å². The predicted octanol–water partition coefficient (Wildman–Crippen LogP) is 4.35. The topological polar surface area (TPSA) is 44.8 Å². The van der Waals surface area contributed by atoms with Crippen LogP contribution in [0, 0.1) is 12.7 Å². The van der Waals surface area contributed by atoms with E-state index in [1.807, 2.05) is 19.1 Å². The number of rotatable bonds is 1. The Hall–Kier alpha value is -3.08. The summed E-state index contributed by atoms with van der Waals surface area (Å²) in [4.78, 5) is 12.3. The number of aryl methyl sites for hydroxylation is 1. The van der Waals surface area contributed by atoms with Gasteiger partial charge in [-0.2, -0.15) is 0 Å². The molecule has 0 fully saturated rings. The number of halogens is 1. The SMILES string of the molecule is Cc1c2c(c(-c3ccc(F)cc3)c3c4c(ccc13)OCO4)COC2=O. The zero-order valence-corrected chi connectivity index (χ0v) is 13.4. The van der Waals surface area contributed by atoms with Gasteiger partial charge in [-0.25, -0.2) is 9.18 Å². The first-order valence-corrected chi connectivity index (χ1v) is 7.96. The average Bonchev–Trinajstić information content (AvgIpc) is 3.23. The minimum Gasteiger partial charge on any atom is -0.457 e. The fourth-order valence-electron chi connectivity index (χ4n) is 3.74. The van der Waals surface area contributed by atoms with Gasteiger partial charge >= 0.3 is 5.97 Å². The van der Waals surface area contributed by atoms with E-state index in [2.05, 4.69) is 0 Å². The Balaban J connectivity index is 1.97. The first-order chi connectivity index (χ1) is 12.1. The number of benzene rings is 3. The molecule has 0 N–H and O–H groups in total. The molecule has 0 bridgehead atoms. The Morgan fingerprint density at radius 2 is 1.76 bits per heavy atom. The van der Waals surface area contributed by atoms with Crippen molar-refractivity contribution in [3.63, 3.8) is 0 Å². The Bertz CT molecular complexity index is 1050.